The van der Waals surface area contributed by atoms with Crippen LogP contribution in [0.2, 0.25) is 0 Å². The van der Waals surface area contributed by atoms with Crippen LogP contribution in [0.5, 0.6) is 5.75 Å². The molecule has 0 aliphatic heterocycles. The highest BCUT2D eigenvalue weighted by Gasteiger charge is 2.04. The van der Waals surface area contributed by atoms with Gasteiger partial charge >= 0.3 is 0 Å². The lowest BCUT2D eigenvalue weighted by Crippen LogP contribution is -2.08. The van der Waals surface area contributed by atoms with Crippen molar-refractivity contribution < 1.29 is 4.74 Å². The van der Waals surface area contributed by atoms with E-state index in [9.17, 15) is 0 Å². The maximum absolute atomic E-state index is 6.02. The Morgan fingerprint density at radius 2 is 1.86 bits per heavy atom. The summed E-state index contributed by atoms with van der Waals surface area (Å²) in [4.78, 5) is 0. The molecule has 2 aromatic carbocycles. The van der Waals surface area contributed by atoms with Crippen LogP contribution >= 0.6 is 0 Å². The molecule has 0 unspecified atom stereocenters. The minimum Gasteiger partial charge on any atom is -0.489 e. The fourth-order valence-corrected chi connectivity index (χ4v) is 2.20. The molecule has 0 saturated heterocycles. The highest BCUT2D eigenvalue weighted by atomic mass is 16.5. The number of ether oxygens (including phenoxy) is 1. The minimum atomic E-state index is 0.147. The number of benzene rings is 2. The average molecular weight is 284 g/mol. The Morgan fingerprint density at radius 3 is 2.52 bits per heavy atom. The van der Waals surface area contributed by atoms with E-state index in [1.54, 1.807) is 0 Å². The number of hydrogen-bond acceptors (Lipinski definition) is 3. The molecule has 3 nitrogen and oxygen atoms in total. The summed E-state index contributed by atoms with van der Waals surface area (Å²) in [5.74, 6) is 0.774. The van der Waals surface area contributed by atoms with Gasteiger partial charge in [0.1, 0.15) is 5.75 Å². The van der Waals surface area contributed by atoms with Gasteiger partial charge in [0.25, 0.3) is 0 Å². The summed E-state index contributed by atoms with van der Waals surface area (Å²) in [5, 5.41) is 3.41. The molecule has 0 aliphatic rings. The van der Waals surface area contributed by atoms with Crippen molar-refractivity contribution in [2.24, 2.45) is 0 Å². The van der Waals surface area contributed by atoms with Crippen LogP contribution in [0.15, 0.2) is 48.5 Å². The predicted molar refractivity (Wildman–Crippen MR) is 89.9 cm³/mol. The van der Waals surface area contributed by atoms with E-state index in [0.717, 1.165) is 36.5 Å². The summed E-state index contributed by atoms with van der Waals surface area (Å²) in [7, 11) is 0. The number of anilines is 2. The molecule has 0 aliphatic carbocycles. The SMILES string of the molecule is CC(C)Oc1ccc(CCCNc2ccccc2)cc1N. The van der Waals surface area contributed by atoms with Crippen molar-refractivity contribution in [3.8, 4) is 5.75 Å². The van der Waals surface area contributed by atoms with Crippen LogP contribution in [-0.4, -0.2) is 12.6 Å². The third-order valence-electron chi connectivity index (χ3n) is 3.18. The van der Waals surface area contributed by atoms with E-state index in [1.807, 2.05) is 44.2 Å². The first-order valence-electron chi connectivity index (χ1n) is 7.49. The Hall–Kier alpha value is -2.16. The second kappa shape index (κ2) is 7.58. The molecule has 2 aromatic rings. The molecule has 3 N–H and O–H groups in total. The Morgan fingerprint density at radius 1 is 1.10 bits per heavy atom. The van der Waals surface area contributed by atoms with Crippen molar-refractivity contribution in [1.82, 2.24) is 0 Å². The van der Waals surface area contributed by atoms with E-state index >= 15 is 0 Å². The summed E-state index contributed by atoms with van der Waals surface area (Å²) in [6.45, 7) is 4.96. The van der Waals surface area contributed by atoms with E-state index in [1.165, 1.54) is 5.56 Å². The number of nitrogen functional groups attached to an aromatic ring is 1. The molecule has 3 heteroatoms. The monoisotopic (exact) mass is 284 g/mol. The van der Waals surface area contributed by atoms with Crippen LogP contribution in [-0.2, 0) is 6.42 Å². The van der Waals surface area contributed by atoms with E-state index < -0.39 is 0 Å². The van der Waals surface area contributed by atoms with E-state index in [4.69, 9.17) is 10.5 Å². The lowest BCUT2D eigenvalue weighted by molar-refractivity contribution is 0.244. The molecule has 112 valence electrons. The van der Waals surface area contributed by atoms with Crippen molar-refractivity contribution in [3.63, 3.8) is 0 Å². The third-order valence-corrected chi connectivity index (χ3v) is 3.18. The van der Waals surface area contributed by atoms with Gasteiger partial charge in [-0.15, -0.1) is 0 Å². The van der Waals surface area contributed by atoms with Gasteiger partial charge in [0.05, 0.1) is 11.8 Å². The lowest BCUT2D eigenvalue weighted by Gasteiger charge is -2.13. The van der Waals surface area contributed by atoms with Gasteiger partial charge in [0, 0.05) is 12.2 Å². The lowest BCUT2D eigenvalue weighted by atomic mass is 10.1. The molecular formula is C18H24N2O. The van der Waals surface area contributed by atoms with Gasteiger partial charge in [-0.05, 0) is 56.5 Å². The van der Waals surface area contributed by atoms with Crippen LogP contribution < -0.4 is 15.8 Å². The summed E-state index contributed by atoms with van der Waals surface area (Å²) < 4.78 is 5.65. The van der Waals surface area contributed by atoms with E-state index in [2.05, 4.69) is 23.5 Å². The minimum absolute atomic E-state index is 0.147. The van der Waals surface area contributed by atoms with Crippen LogP contribution in [0, 0.1) is 0 Å². The smallest absolute Gasteiger partial charge is 0.142 e. The first-order chi connectivity index (χ1) is 10.1. The molecule has 0 radical (unpaired) electrons. The van der Waals surface area contributed by atoms with Crippen molar-refractivity contribution in [3.05, 3.63) is 54.1 Å². The normalized spacial score (nSPS) is 10.6. The van der Waals surface area contributed by atoms with Crippen LogP contribution in [0.1, 0.15) is 25.8 Å². The predicted octanol–water partition coefficient (Wildman–Crippen LogP) is 4.10. The number of aryl methyl sites for hydroxylation is 1. The fraction of sp³-hybridized carbons (Fsp3) is 0.333. The van der Waals surface area contributed by atoms with Crippen molar-refractivity contribution in [2.75, 3.05) is 17.6 Å². The zero-order valence-corrected chi connectivity index (χ0v) is 12.8. The standard InChI is InChI=1S/C18H24N2O/c1-14(2)21-18-11-10-15(13-17(18)19)7-6-12-20-16-8-4-3-5-9-16/h3-5,8-11,13-14,20H,6-7,12,19H2,1-2H3. The van der Waals surface area contributed by atoms with Gasteiger partial charge in [-0.1, -0.05) is 24.3 Å². The zero-order chi connectivity index (χ0) is 15.1. The van der Waals surface area contributed by atoms with Crippen molar-refractivity contribution in [2.45, 2.75) is 32.8 Å². The molecular weight excluding hydrogens is 260 g/mol. The molecule has 21 heavy (non-hydrogen) atoms. The highest BCUT2D eigenvalue weighted by Crippen LogP contribution is 2.24. The van der Waals surface area contributed by atoms with Gasteiger partial charge in [-0.2, -0.15) is 0 Å². The number of nitrogens with two attached hydrogens (primary N) is 1. The number of nitrogens with one attached hydrogen (secondary N) is 1. The molecule has 0 saturated carbocycles. The van der Waals surface area contributed by atoms with Gasteiger partial charge in [-0.3, -0.25) is 0 Å². The maximum Gasteiger partial charge on any atom is 0.142 e. The molecule has 0 bridgehead atoms. The summed E-state index contributed by atoms with van der Waals surface area (Å²) in [6, 6.07) is 16.3. The topological polar surface area (TPSA) is 47.3 Å². The van der Waals surface area contributed by atoms with Gasteiger partial charge in [-0.25, -0.2) is 0 Å². The second-order valence-electron chi connectivity index (χ2n) is 5.44. The molecule has 0 heterocycles. The molecule has 0 aromatic heterocycles. The summed E-state index contributed by atoms with van der Waals surface area (Å²) in [6.07, 6.45) is 2.22. The largest absolute Gasteiger partial charge is 0.489 e. The Kier molecular flexibility index (Phi) is 5.50. The van der Waals surface area contributed by atoms with Crippen LogP contribution in [0.3, 0.4) is 0 Å². The molecule has 0 atom stereocenters. The van der Waals surface area contributed by atoms with Crippen LogP contribution in [0.4, 0.5) is 11.4 Å². The summed E-state index contributed by atoms with van der Waals surface area (Å²) >= 11 is 0. The van der Waals surface area contributed by atoms with Gasteiger partial charge in [0.2, 0.25) is 0 Å². The third kappa shape index (κ3) is 5.03. The molecule has 0 amide bonds. The fourth-order valence-electron chi connectivity index (χ4n) is 2.20. The van der Waals surface area contributed by atoms with Crippen LogP contribution in [0.25, 0.3) is 0 Å². The maximum atomic E-state index is 6.02. The second-order valence-corrected chi connectivity index (χ2v) is 5.44. The average Bonchev–Trinajstić information content (AvgIpc) is 2.47. The Labute approximate surface area is 127 Å². The van der Waals surface area contributed by atoms with E-state index in [0.29, 0.717) is 0 Å². The first kappa shape index (κ1) is 15.2. The van der Waals surface area contributed by atoms with E-state index in [-0.39, 0.29) is 6.10 Å². The van der Waals surface area contributed by atoms with Gasteiger partial charge in [0.15, 0.2) is 0 Å². The van der Waals surface area contributed by atoms with Gasteiger partial charge < -0.3 is 15.8 Å². The summed E-state index contributed by atoms with van der Waals surface area (Å²) in [5.41, 5.74) is 9.16. The first-order valence-corrected chi connectivity index (χ1v) is 7.49. The van der Waals surface area contributed by atoms with Crippen molar-refractivity contribution >= 4 is 11.4 Å². The number of hydrogen-bond donors (Lipinski definition) is 2. The Bertz CT molecular complexity index is 552. The molecule has 2 rings (SSSR count). The quantitative estimate of drug-likeness (QED) is 0.594. The van der Waals surface area contributed by atoms with Crippen molar-refractivity contribution in [1.29, 1.82) is 0 Å². The Balaban J connectivity index is 1.79. The number of para-hydroxylation sites is 1. The zero-order valence-electron chi connectivity index (χ0n) is 12.8. The molecule has 0 spiro atoms. The molecule has 0 fully saturated rings. The highest BCUT2D eigenvalue weighted by molar-refractivity contribution is 5.54. The number of rotatable bonds is 7.